The molecule has 26 heavy (non-hydrogen) atoms. The van der Waals surface area contributed by atoms with Crippen LogP contribution >= 0.6 is 0 Å². The van der Waals surface area contributed by atoms with Crippen LogP contribution in [0.2, 0.25) is 0 Å². The predicted molar refractivity (Wildman–Crippen MR) is 111 cm³/mol. The van der Waals surface area contributed by atoms with Crippen LogP contribution in [0.1, 0.15) is 81.5 Å². The Morgan fingerprint density at radius 3 is 1.88 bits per heavy atom. The van der Waals surface area contributed by atoms with Crippen molar-refractivity contribution in [1.82, 2.24) is 9.80 Å². The smallest absolute Gasteiger partial charge is 0.253 e. The number of hydrogen-bond acceptors (Lipinski definition) is 2. The molecule has 2 rings (SSSR count). The van der Waals surface area contributed by atoms with Crippen molar-refractivity contribution in [2.75, 3.05) is 32.7 Å². The van der Waals surface area contributed by atoms with Gasteiger partial charge in [-0.05, 0) is 25.1 Å². The number of benzene rings is 1. The standard InChI is InChI=1S/C23H38N2O/c1-2-3-4-5-6-7-8-9-10-14-17-24-18-20-25(21-19-24)23(26)22-15-12-11-13-16-22/h11-13,15-16H,2-10,14,17-21H2,1H3. The molecule has 0 spiro atoms. The molecule has 0 aliphatic carbocycles. The molecule has 1 aromatic carbocycles. The molecule has 0 N–H and O–H groups in total. The Morgan fingerprint density at radius 2 is 1.31 bits per heavy atom. The molecule has 3 nitrogen and oxygen atoms in total. The molecule has 0 bridgehead atoms. The monoisotopic (exact) mass is 358 g/mol. The van der Waals surface area contributed by atoms with Crippen molar-refractivity contribution < 1.29 is 4.79 Å². The summed E-state index contributed by atoms with van der Waals surface area (Å²) in [6, 6.07) is 9.67. The van der Waals surface area contributed by atoms with Crippen molar-refractivity contribution in [2.45, 2.75) is 71.1 Å². The van der Waals surface area contributed by atoms with Gasteiger partial charge in [0.05, 0.1) is 0 Å². The first-order valence-electron chi connectivity index (χ1n) is 10.9. The summed E-state index contributed by atoms with van der Waals surface area (Å²) >= 11 is 0. The van der Waals surface area contributed by atoms with Crippen molar-refractivity contribution in [3.05, 3.63) is 35.9 Å². The summed E-state index contributed by atoms with van der Waals surface area (Å²) in [6.45, 7) is 7.26. The topological polar surface area (TPSA) is 23.6 Å². The minimum Gasteiger partial charge on any atom is -0.336 e. The van der Waals surface area contributed by atoms with Crippen LogP contribution in [0.4, 0.5) is 0 Å². The van der Waals surface area contributed by atoms with E-state index in [1.165, 1.54) is 70.8 Å². The zero-order chi connectivity index (χ0) is 18.5. The van der Waals surface area contributed by atoms with Gasteiger partial charge < -0.3 is 4.90 Å². The lowest BCUT2D eigenvalue weighted by atomic mass is 10.1. The second kappa shape index (κ2) is 12.9. The number of piperazine rings is 1. The average Bonchev–Trinajstić information content (AvgIpc) is 2.70. The molecular formula is C23H38N2O. The maximum atomic E-state index is 12.5. The first-order chi connectivity index (χ1) is 12.8. The Hall–Kier alpha value is -1.35. The van der Waals surface area contributed by atoms with E-state index in [1.807, 2.05) is 35.2 Å². The van der Waals surface area contributed by atoms with Gasteiger partial charge in [-0.15, -0.1) is 0 Å². The summed E-state index contributed by atoms with van der Waals surface area (Å²) in [7, 11) is 0. The van der Waals surface area contributed by atoms with Gasteiger partial charge in [0.25, 0.3) is 5.91 Å². The van der Waals surface area contributed by atoms with Gasteiger partial charge in [-0.2, -0.15) is 0 Å². The number of carbonyl (C=O) groups is 1. The highest BCUT2D eigenvalue weighted by Gasteiger charge is 2.21. The normalized spacial score (nSPS) is 15.3. The predicted octanol–water partition coefficient (Wildman–Crippen LogP) is 5.37. The molecule has 1 aliphatic heterocycles. The van der Waals surface area contributed by atoms with Gasteiger partial charge in [-0.3, -0.25) is 9.69 Å². The Morgan fingerprint density at radius 1 is 0.769 bits per heavy atom. The first kappa shape index (κ1) is 21.0. The quantitative estimate of drug-likeness (QED) is 0.469. The summed E-state index contributed by atoms with van der Waals surface area (Å²) < 4.78 is 0. The molecule has 146 valence electrons. The van der Waals surface area contributed by atoms with Gasteiger partial charge in [0, 0.05) is 31.7 Å². The van der Waals surface area contributed by atoms with Gasteiger partial charge in [0.2, 0.25) is 0 Å². The molecule has 1 fully saturated rings. The van der Waals surface area contributed by atoms with Crippen LogP contribution < -0.4 is 0 Å². The third kappa shape index (κ3) is 7.90. The minimum atomic E-state index is 0.184. The summed E-state index contributed by atoms with van der Waals surface area (Å²) in [4.78, 5) is 17.0. The summed E-state index contributed by atoms with van der Waals surface area (Å²) in [5.74, 6) is 0.184. The summed E-state index contributed by atoms with van der Waals surface area (Å²) in [6.07, 6.45) is 13.9. The Bertz CT molecular complexity index is 480. The SMILES string of the molecule is CCCCCCCCCCCCN1CCN(C(=O)c2ccccc2)CC1. The largest absolute Gasteiger partial charge is 0.336 e. The number of unbranched alkanes of at least 4 members (excludes halogenated alkanes) is 9. The van der Waals surface area contributed by atoms with Crippen LogP contribution in [0.3, 0.4) is 0 Å². The van der Waals surface area contributed by atoms with Crippen molar-refractivity contribution in [3.8, 4) is 0 Å². The fraction of sp³-hybridized carbons (Fsp3) is 0.696. The lowest BCUT2D eigenvalue weighted by molar-refractivity contribution is 0.0635. The van der Waals surface area contributed by atoms with Crippen molar-refractivity contribution in [3.63, 3.8) is 0 Å². The van der Waals surface area contributed by atoms with Gasteiger partial charge in [0.1, 0.15) is 0 Å². The van der Waals surface area contributed by atoms with Crippen LogP contribution in [0, 0.1) is 0 Å². The van der Waals surface area contributed by atoms with Gasteiger partial charge in [-0.25, -0.2) is 0 Å². The maximum Gasteiger partial charge on any atom is 0.253 e. The zero-order valence-electron chi connectivity index (χ0n) is 16.8. The van der Waals surface area contributed by atoms with Crippen LogP contribution in [-0.4, -0.2) is 48.4 Å². The highest BCUT2D eigenvalue weighted by molar-refractivity contribution is 5.94. The molecule has 0 unspecified atom stereocenters. The van der Waals surface area contributed by atoms with Crippen molar-refractivity contribution in [1.29, 1.82) is 0 Å². The van der Waals surface area contributed by atoms with E-state index >= 15 is 0 Å². The van der Waals surface area contributed by atoms with Crippen LogP contribution in [0.5, 0.6) is 0 Å². The van der Waals surface area contributed by atoms with Crippen LogP contribution in [0.25, 0.3) is 0 Å². The highest BCUT2D eigenvalue weighted by atomic mass is 16.2. The number of nitrogens with zero attached hydrogens (tertiary/aromatic N) is 2. The van der Waals surface area contributed by atoms with E-state index in [0.29, 0.717) is 0 Å². The maximum absolute atomic E-state index is 12.5. The molecule has 1 aromatic rings. The van der Waals surface area contributed by atoms with E-state index in [-0.39, 0.29) is 5.91 Å². The third-order valence-corrected chi connectivity index (χ3v) is 5.51. The van der Waals surface area contributed by atoms with Crippen molar-refractivity contribution >= 4 is 5.91 Å². The number of hydrogen-bond donors (Lipinski definition) is 0. The Labute approximate surface area is 160 Å². The molecule has 0 aromatic heterocycles. The summed E-state index contributed by atoms with van der Waals surface area (Å²) in [5.41, 5.74) is 0.815. The molecule has 0 saturated carbocycles. The first-order valence-corrected chi connectivity index (χ1v) is 10.9. The Balaban J connectivity index is 1.47. The molecule has 0 radical (unpaired) electrons. The molecule has 1 heterocycles. The second-order valence-electron chi connectivity index (χ2n) is 7.68. The number of amides is 1. The number of rotatable bonds is 12. The van der Waals surface area contributed by atoms with E-state index < -0.39 is 0 Å². The Kier molecular flexibility index (Phi) is 10.4. The zero-order valence-corrected chi connectivity index (χ0v) is 16.8. The van der Waals surface area contributed by atoms with E-state index in [4.69, 9.17) is 0 Å². The lowest BCUT2D eigenvalue weighted by Gasteiger charge is -2.34. The van der Waals surface area contributed by atoms with Crippen molar-refractivity contribution in [2.24, 2.45) is 0 Å². The highest BCUT2D eigenvalue weighted by Crippen LogP contribution is 2.12. The molecule has 0 atom stereocenters. The number of carbonyl (C=O) groups excluding carboxylic acids is 1. The van der Waals surface area contributed by atoms with Crippen LogP contribution in [-0.2, 0) is 0 Å². The minimum absolute atomic E-state index is 0.184. The summed E-state index contributed by atoms with van der Waals surface area (Å²) in [5, 5.41) is 0. The van der Waals surface area contributed by atoms with E-state index in [2.05, 4.69) is 11.8 Å². The fourth-order valence-electron chi connectivity index (χ4n) is 3.76. The molecule has 3 heteroatoms. The third-order valence-electron chi connectivity index (χ3n) is 5.51. The second-order valence-corrected chi connectivity index (χ2v) is 7.68. The average molecular weight is 359 g/mol. The fourth-order valence-corrected chi connectivity index (χ4v) is 3.76. The lowest BCUT2D eigenvalue weighted by Crippen LogP contribution is -2.48. The van der Waals surface area contributed by atoms with E-state index in [1.54, 1.807) is 0 Å². The van der Waals surface area contributed by atoms with E-state index in [9.17, 15) is 4.79 Å². The molecule has 1 amide bonds. The molecule has 1 aliphatic rings. The van der Waals surface area contributed by atoms with E-state index in [0.717, 1.165) is 31.7 Å². The van der Waals surface area contributed by atoms with Crippen LogP contribution in [0.15, 0.2) is 30.3 Å². The molecule has 1 saturated heterocycles. The van der Waals surface area contributed by atoms with Gasteiger partial charge in [0.15, 0.2) is 0 Å². The van der Waals surface area contributed by atoms with Gasteiger partial charge in [-0.1, -0.05) is 82.9 Å². The molecular weight excluding hydrogens is 320 g/mol. The van der Waals surface area contributed by atoms with Gasteiger partial charge >= 0.3 is 0 Å².